The Morgan fingerprint density at radius 1 is 1.21 bits per heavy atom. The topological polar surface area (TPSA) is 54.1 Å². The Morgan fingerprint density at radius 2 is 1.95 bits per heavy atom. The lowest BCUT2D eigenvalue weighted by molar-refractivity contribution is 0.0660. The summed E-state index contributed by atoms with van der Waals surface area (Å²) >= 11 is 0. The molecular formula is C15H24N4. The van der Waals surface area contributed by atoms with Gasteiger partial charge in [0.2, 0.25) is 0 Å². The lowest BCUT2D eigenvalue weighted by Crippen LogP contribution is -2.54. The van der Waals surface area contributed by atoms with Gasteiger partial charge in [-0.15, -0.1) is 0 Å². The molecule has 4 heteroatoms. The van der Waals surface area contributed by atoms with E-state index in [0.717, 1.165) is 32.6 Å². The number of nitrogens with zero attached hydrogens (tertiary/aromatic N) is 4. The molecule has 2 rings (SSSR count). The van der Waals surface area contributed by atoms with E-state index < -0.39 is 0 Å². The molecule has 1 aliphatic heterocycles. The minimum atomic E-state index is 0.0630. The predicted molar refractivity (Wildman–Crippen MR) is 74.2 cm³/mol. The molecule has 0 aromatic heterocycles. The molecule has 0 N–H and O–H groups in total. The number of hydrogen-bond acceptors (Lipinski definition) is 4. The van der Waals surface area contributed by atoms with Crippen molar-refractivity contribution in [2.75, 3.05) is 26.2 Å². The summed E-state index contributed by atoms with van der Waals surface area (Å²) in [5.41, 5.74) is 0.164. The van der Waals surface area contributed by atoms with Gasteiger partial charge in [0.15, 0.2) is 0 Å². The quantitative estimate of drug-likeness (QED) is 0.758. The van der Waals surface area contributed by atoms with Crippen molar-refractivity contribution in [1.29, 1.82) is 10.5 Å². The van der Waals surface area contributed by atoms with Crippen LogP contribution in [-0.2, 0) is 0 Å². The lowest BCUT2D eigenvalue weighted by Gasteiger charge is -2.41. The van der Waals surface area contributed by atoms with Crippen molar-refractivity contribution in [1.82, 2.24) is 9.80 Å². The SMILES string of the molecule is CC(C)(CCC#N)CN1CCN(C2CC2)C(C#N)C1. The highest BCUT2D eigenvalue weighted by Gasteiger charge is 2.38. The maximum atomic E-state index is 9.33. The minimum absolute atomic E-state index is 0.0630. The van der Waals surface area contributed by atoms with Gasteiger partial charge in [0.25, 0.3) is 0 Å². The number of nitriles is 2. The molecular weight excluding hydrogens is 236 g/mol. The van der Waals surface area contributed by atoms with Crippen molar-refractivity contribution >= 4 is 0 Å². The van der Waals surface area contributed by atoms with E-state index in [9.17, 15) is 5.26 Å². The molecule has 0 radical (unpaired) electrons. The van der Waals surface area contributed by atoms with Crippen molar-refractivity contribution in [2.45, 2.75) is 51.6 Å². The first-order valence-electron chi connectivity index (χ1n) is 7.30. The zero-order valence-corrected chi connectivity index (χ0v) is 12.1. The fourth-order valence-corrected chi connectivity index (χ4v) is 3.03. The fraction of sp³-hybridized carbons (Fsp3) is 0.867. The molecule has 0 aromatic carbocycles. The zero-order chi connectivity index (χ0) is 13.9. The first-order valence-corrected chi connectivity index (χ1v) is 7.30. The molecule has 0 aromatic rings. The van der Waals surface area contributed by atoms with Crippen LogP contribution in [0.1, 0.15) is 39.5 Å². The Balaban J connectivity index is 1.86. The molecule has 104 valence electrons. The van der Waals surface area contributed by atoms with Crippen LogP contribution >= 0.6 is 0 Å². The molecule has 0 amide bonds. The van der Waals surface area contributed by atoms with Crippen LogP contribution in [0, 0.1) is 28.1 Å². The van der Waals surface area contributed by atoms with Gasteiger partial charge in [0.05, 0.1) is 12.1 Å². The Hall–Kier alpha value is -1.10. The normalized spacial score (nSPS) is 25.8. The van der Waals surface area contributed by atoms with Crippen LogP contribution in [0.4, 0.5) is 0 Å². The van der Waals surface area contributed by atoms with Crippen molar-refractivity contribution in [2.24, 2.45) is 5.41 Å². The molecule has 2 aliphatic rings. The third-order valence-electron chi connectivity index (χ3n) is 4.24. The number of rotatable bonds is 5. The van der Waals surface area contributed by atoms with Gasteiger partial charge in [-0.25, -0.2) is 0 Å². The van der Waals surface area contributed by atoms with Gasteiger partial charge in [-0.2, -0.15) is 10.5 Å². The Morgan fingerprint density at radius 3 is 2.53 bits per heavy atom. The van der Waals surface area contributed by atoms with Crippen molar-refractivity contribution < 1.29 is 0 Å². The highest BCUT2D eigenvalue weighted by molar-refractivity contribution is 5.03. The van der Waals surface area contributed by atoms with Crippen LogP contribution in [0.3, 0.4) is 0 Å². The first kappa shape index (κ1) is 14.3. The first-order chi connectivity index (χ1) is 9.05. The summed E-state index contributed by atoms with van der Waals surface area (Å²) in [6, 6.07) is 5.44. The lowest BCUT2D eigenvalue weighted by atomic mass is 9.87. The third-order valence-corrected chi connectivity index (χ3v) is 4.24. The van der Waals surface area contributed by atoms with E-state index in [1.54, 1.807) is 0 Å². The molecule has 1 atom stereocenters. The van der Waals surface area contributed by atoms with Crippen LogP contribution in [0.2, 0.25) is 0 Å². The summed E-state index contributed by atoms with van der Waals surface area (Å²) in [4.78, 5) is 4.79. The van der Waals surface area contributed by atoms with E-state index >= 15 is 0 Å². The molecule has 1 saturated carbocycles. The molecule has 1 saturated heterocycles. The van der Waals surface area contributed by atoms with Crippen LogP contribution in [0.25, 0.3) is 0 Å². The maximum Gasteiger partial charge on any atom is 0.111 e. The predicted octanol–water partition coefficient (Wildman–Crippen LogP) is 1.99. The second kappa shape index (κ2) is 5.90. The summed E-state index contributed by atoms with van der Waals surface area (Å²) in [6.45, 7) is 8.38. The Bertz CT molecular complexity index is 386. The van der Waals surface area contributed by atoms with Gasteiger partial charge in [-0.05, 0) is 24.7 Å². The van der Waals surface area contributed by atoms with Crippen LogP contribution in [-0.4, -0.2) is 48.1 Å². The van der Waals surface area contributed by atoms with Crippen molar-refractivity contribution in [3.05, 3.63) is 0 Å². The van der Waals surface area contributed by atoms with Gasteiger partial charge >= 0.3 is 0 Å². The van der Waals surface area contributed by atoms with E-state index in [2.05, 4.69) is 35.8 Å². The van der Waals surface area contributed by atoms with Gasteiger partial charge in [0, 0.05) is 38.6 Å². The molecule has 19 heavy (non-hydrogen) atoms. The highest BCUT2D eigenvalue weighted by atomic mass is 15.3. The largest absolute Gasteiger partial charge is 0.299 e. The summed E-state index contributed by atoms with van der Waals surface area (Å²) in [5.74, 6) is 0. The summed E-state index contributed by atoms with van der Waals surface area (Å²) in [5, 5.41) is 18.0. The minimum Gasteiger partial charge on any atom is -0.299 e. The zero-order valence-electron chi connectivity index (χ0n) is 12.1. The van der Waals surface area contributed by atoms with Crippen molar-refractivity contribution in [3.63, 3.8) is 0 Å². The maximum absolute atomic E-state index is 9.33. The van der Waals surface area contributed by atoms with Crippen LogP contribution in [0.15, 0.2) is 0 Å². The van der Waals surface area contributed by atoms with Crippen molar-refractivity contribution in [3.8, 4) is 12.1 Å². The third kappa shape index (κ3) is 3.93. The number of hydrogen-bond donors (Lipinski definition) is 0. The highest BCUT2D eigenvalue weighted by Crippen LogP contribution is 2.31. The summed E-state index contributed by atoms with van der Waals surface area (Å²) < 4.78 is 0. The monoisotopic (exact) mass is 260 g/mol. The van der Waals surface area contributed by atoms with E-state index in [0.29, 0.717) is 12.5 Å². The second-order valence-corrected chi connectivity index (χ2v) is 6.67. The van der Waals surface area contributed by atoms with Gasteiger partial charge in [-0.1, -0.05) is 13.8 Å². The molecule has 2 fully saturated rings. The average molecular weight is 260 g/mol. The van der Waals surface area contributed by atoms with Crippen LogP contribution < -0.4 is 0 Å². The average Bonchev–Trinajstić information content (AvgIpc) is 3.20. The Labute approximate surface area is 116 Å². The van der Waals surface area contributed by atoms with E-state index in [-0.39, 0.29) is 11.5 Å². The summed E-state index contributed by atoms with van der Waals surface area (Å²) in [6.07, 6.45) is 4.10. The molecule has 0 spiro atoms. The van der Waals surface area contributed by atoms with Gasteiger partial charge in [-0.3, -0.25) is 9.80 Å². The smallest absolute Gasteiger partial charge is 0.111 e. The molecule has 1 unspecified atom stereocenters. The molecule has 4 nitrogen and oxygen atoms in total. The van der Waals surface area contributed by atoms with Gasteiger partial charge < -0.3 is 0 Å². The van der Waals surface area contributed by atoms with Gasteiger partial charge in [0.1, 0.15) is 6.04 Å². The van der Waals surface area contributed by atoms with E-state index in [1.165, 1.54) is 12.8 Å². The van der Waals surface area contributed by atoms with E-state index in [4.69, 9.17) is 5.26 Å². The Kier molecular flexibility index (Phi) is 4.45. The summed E-state index contributed by atoms with van der Waals surface area (Å²) in [7, 11) is 0. The standard InChI is InChI=1S/C15H24N4/c1-15(2,6-3-7-16)12-18-8-9-19(13-4-5-13)14(10-17)11-18/h13-14H,3-6,8-9,11-12H2,1-2H3. The molecule has 1 heterocycles. The fourth-order valence-electron chi connectivity index (χ4n) is 3.03. The molecule has 0 bridgehead atoms. The second-order valence-electron chi connectivity index (χ2n) is 6.67. The molecule has 1 aliphatic carbocycles. The van der Waals surface area contributed by atoms with E-state index in [1.807, 2.05) is 0 Å². The number of piperazine rings is 1. The van der Waals surface area contributed by atoms with Crippen LogP contribution in [0.5, 0.6) is 0 Å².